The Bertz CT molecular complexity index is 669. The van der Waals surface area contributed by atoms with Gasteiger partial charge in [-0.2, -0.15) is 5.26 Å². The van der Waals surface area contributed by atoms with Crippen molar-refractivity contribution in [3.8, 4) is 6.07 Å². The van der Waals surface area contributed by atoms with E-state index in [1.54, 1.807) is 29.5 Å². The lowest BCUT2D eigenvalue weighted by Gasteiger charge is -2.06. The molecule has 1 aliphatic rings. The molecular formula is C16H13FN2S. The second-order valence-corrected chi connectivity index (χ2v) is 5.90. The molecule has 0 saturated carbocycles. The number of rotatable bonds is 2. The van der Waals surface area contributed by atoms with E-state index in [-0.39, 0.29) is 5.82 Å². The number of benzene rings is 1. The highest BCUT2D eigenvalue weighted by Gasteiger charge is 2.17. The summed E-state index contributed by atoms with van der Waals surface area (Å²) in [4.78, 5) is 5.90. The fourth-order valence-corrected chi connectivity index (χ4v) is 3.45. The molecule has 0 spiro atoms. The topological polar surface area (TPSA) is 36.7 Å². The van der Waals surface area contributed by atoms with Crippen LogP contribution in [-0.4, -0.2) is 4.98 Å². The van der Waals surface area contributed by atoms with Crippen LogP contribution in [0.1, 0.15) is 34.0 Å². The lowest BCUT2D eigenvalue weighted by atomic mass is 10.0. The predicted octanol–water partition coefficient (Wildman–Crippen LogP) is 4.23. The molecule has 0 radical (unpaired) electrons. The molecule has 1 heterocycles. The zero-order valence-electron chi connectivity index (χ0n) is 10.9. The lowest BCUT2D eigenvalue weighted by Crippen LogP contribution is -1.99. The molecule has 0 aliphatic heterocycles. The summed E-state index contributed by atoms with van der Waals surface area (Å²) in [6.07, 6.45) is 6.24. The van der Waals surface area contributed by atoms with E-state index in [1.165, 1.54) is 29.9 Å². The molecule has 3 rings (SSSR count). The summed E-state index contributed by atoms with van der Waals surface area (Å²) < 4.78 is 12.9. The van der Waals surface area contributed by atoms with Crippen LogP contribution in [0.3, 0.4) is 0 Å². The van der Waals surface area contributed by atoms with Crippen LogP contribution in [0.5, 0.6) is 0 Å². The van der Waals surface area contributed by atoms with Crippen LogP contribution in [0, 0.1) is 17.1 Å². The van der Waals surface area contributed by atoms with Gasteiger partial charge in [-0.1, -0.05) is 12.1 Å². The number of allylic oxidation sites excluding steroid dienone is 1. The van der Waals surface area contributed by atoms with E-state index in [4.69, 9.17) is 0 Å². The highest BCUT2D eigenvalue weighted by Crippen LogP contribution is 2.30. The Morgan fingerprint density at radius 1 is 1.25 bits per heavy atom. The zero-order chi connectivity index (χ0) is 13.9. The number of hydrogen-bond donors (Lipinski definition) is 0. The molecule has 4 heteroatoms. The molecule has 20 heavy (non-hydrogen) atoms. The smallest absolute Gasteiger partial charge is 0.134 e. The molecule has 2 aromatic rings. The summed E-state index contributed by atoms with van der Waals surface area (Å²) in [7, 11) is 0. The maximum Gasteiger partial charge on any atom is 0.134 e. The molecule has 1 aromatic carbocycles. The van der Waals surface area contributed by atoms with Gasteiger partial charge in [0.25, 0.3) is 0 Å². The molecule has 0 atom stereocenters. The van der Waals surface area contributed by atoms with E-state index >= 15 is 0 Å². The molecule has 100 valence electrons. The predicted molar refractivity (Wildman–Crippen MR) is 78.6 cm³/mol. The molecular weight excluding hydrogens is 271 g/mol. The highest BCUT2D eigenvalue weighted by molar-refractivity contribution is 7.13. The summed E-state index contributed by atoms with van der Waals surface area (Å²) in [5, 5.41) is 10.1. The molecule has 2 nitrogen and oxygen atoms in total. The highest BCUT2D eigenvalue weighted by atomic mass is 32.1. The first-order valence-corrected chi connectivity index (χ1v) is 7.44. The molecule has 1 aromatic heterocycles. The van der Waals surface area contributed by atoms with Gasteiger partial charge < -0.3 is 0 Å². The summed E-state index contributed by atoms with van der Waals surface area (Å²) in [5.74, 6) is -0.273. The Balaban J connectivity index is 1.95. The van der Waals surface area contributed by atoms with Crippen LogP contribution in [0.15, 0.2) is 24.3 Å². The fourth-order valence-electron chi connectivity index (χ4n) is 2.33. The van der Waals surface area contributed by atoms with Gasteiger partial charge in [-0.25, -0.2) is 9.37 Å². The standard InChI is InChI=1S/C16H13FN2S/c17-13-7-5-11(6-8-13)9-12(10-18)16-19-14-3-1-2-4-15(14)20-16/h5-9H,1-4H2/b12-9-. The molecule has 0 amide bonds. The quantitative estimate of drug-likeness (QED) is 0.774. The van der Waals surface area contributed by atoms with Crippen LogP contribution in [-0.2, 0) is 12.8 Å². The number of halogens is 1. The van der Waals surface area contributed by atoms with Crippen LogP contribution < -0.4 is 0 Å². The minimum absolute atomic E-state index is 0.273. The Morgan fingerprint density at radius 3 is 2.70 bits per heavy atom. The van der Waals surface area contributed by atoms with Crippen LogP contribution in [0.2, 0.25) is 0 Å². The number of hydrogen-bond acceptors (Lipinski definition) is 3. The van der Waals surface area contributed by atoms with Crippen molar-refractivity contribution in [1.29, 1.82) is 5.26 Å². The van der Waals surface area contributed by atoms with E-state index in [1.807, 2.05) is 0 Å². The van der Waals surface area contributed by atoms with Crippen molar-refractivity contribution in [3.63, 3.8) is 0 Å². The molecule has 1 aliphatic carbocycles. The van der Waals surface area contributed by atoms with E-state index in [2.05, 4.69) is 11.1 Å². The maximum absolute atomic E-state index is 12.9. The number of thiazole rings is 1. The van der Waals surface area contributed by atoms with Crippen molar-refractivity contribution in [1.82, 2.24) is 4.98 Å². The largest absolute Gasteiger partial charge is 0.240 e. The minimum Gasteiger partial charge on any atom is -0.240 e. The zero-order valence-corrected chi connectivity index (χ0v) is 11.7. The fraction of sp³-hybridized carbons (Fsp3) is 0.250. The summed E-state index contributed by atoms with van der Waals surface area (Å²) >= 11 is 1.61. The van der Waals surface area contributed by atoms with E-state index < -0.39 is 0 Å². The molecule has 0 saturated heterocycles. The summed E-state index contributed by atoms with van der Waals surface area (Å²) in [6, 6.07) is 8.33. The average Bonchev–Trinajstić information content (AvgIpc) is 2.90. The maximum atomic E-state index is 12.9. The van der Waals surface area contributed by atoms with Gasteiger partial charge in [-0.05, 0) is 49.5 Å². The third-order valence-corrected chi connectivity index (χ3v) is 4.57. The van der Waals surface area contributed by atoms with E-state index in [0.29, 0.717) is 5.57 Å². The Morgan fingerprint density at radius 2 is 2.00 bits per heavy atom. The monoisotopic (exact) mass is 284 g/mol. The normalized spacial score (nSPS) is 14.7. The Hall–Kier alpha value is -1.99. The van der Waals surface area contributed by atoms with Gasteiger partial charge in [0.15, 0.2) is 0 Å². The van der Waals surface area contributed by atoms with Crippen molar-refractivity contribution in [2.24, 2.45) is 0 Å². The van der Waals surface area contributed by atoms with Gasteiger partial charge in [0.05, 0.1) is 11.3 Å². The number of nitriles is 1. The molecule has 0 N–H and O–H groups in total. The number of aryl methyl sites for hydroxylation is 2. The van der Waals surface area contributed by atoms with Gasteiger partial charge >= 0.3 is 0 Å². The van der Waals surface area contributed by atoms with Gasteiger partial charge in [-0.15, -0.1) is 11.3 Å². The summed E-state index contributed by atoms with van der Waals surface area (Å²) in [5.41, 5.74) is 2.52. The first kappa shape index (κ1) is 13.0. The average molecular weight is 284 g/mol. The van der Waals surface area contributed by atoms with Gasteiger partial charge in [0, 0.05) is 4.88 Å². The third kappa shape index (κ3) is 2.63. The molecule has 0 unspecified atom stereocenters. The van der Waals surface area contributed by atoms with Crippen molar-refractivity contribution >= 4 is 23.0 Å². The van der Waals surface area contributed by atoms with Crippen LogP contribution >= 0.6 is 11.3 Å². The number of fused-ring (bicyclic) bond motifs is 1. The van der Waals surface area contributed by atoms with Crippen LogP contribution in [0.25, 0.3) is 11.6 Å². The van der Waals surface area contributed by atoms with Gasteiger partial charge in [0.2, 0.25) is 0 Å². The van der Waals surface area contributed by atoms with Gasteiger partial charge in [0.1, 0.15) is 16.9 Å². The van der Waals surface area contributed by atoms with E-state index in [9.17, 15) is 9.65 Å². The van der Waals surface area contributed by atoms with E-state index in [0.717, 1.165) is 29.1 Å². The SMILES string of the molecule is N#C/C(=C/c1ccc(F)cc1)c1nc2c(s1)CCCC2. The second-order valence-electron chi connectivity index (χ2n) is 4.82. The summed E-state index contributed by atoms with van der Waals surface area (Å²) in [6.45, 7) is 0. The lowest BCUT2D eigenvalue weighted by molar-refractivity contribution is 0.628. The van der Waals surface area contributed by atoms with Crippen LogP contribution in [0.4, 0.5) is 4.39 Å². The Kier molecular flexibility index (Phi) is 3.62. The van der Waals surface area contributed by atoms with Crippen molar-refractivity contribution in [2.45, 2.75) is 25.7 Å². The van der Waals surface area contributed by atoms with Gasteiger partial charge in [-0.3, -0.25) is 0 Å². The van der Waals surface area contributed by atoms with Crippen molar-refractivity contribution < 1.29 is 4.39 Å². The number of aromatic nitrogens is 1. The molecule has 0 bridgehead atoms. The first-order valence-electron chi connectivity index (χ1n) is 6.62. The first-order chi connectivity index (χ1) is 9.76. The minimum atomic E-state index is -0.273. The Labute approximate surface area is 121 Å². The van der Waals surface area contributed by atoms with Crippen molar-refractivity contribution in [3.05, 3.63) is 51.2 Å². The molecule has 0 fully saturated rings. The van der Waals surface area contributed by atoms with Crippen molar-refractivity contribution in [2.75, 3.05) is 0 Å². The second kappa shape index (κ2) is 5.56. The number of nitrogens with zero attached hydrogens (tertiary/aromatic N) is 2. The third-order valence-electron chi connectivity index (χ3n) is 3.38.